The van der Waals surface area contributed by atoms with Gasteiger partial charge in [-0.25, -0.2) is 12.7 Å². The zero-order chi connectivity index (χ0) is 15.2. The zero-order valence-corrected chi connectivity index (χ0v) is 14.7. The maximum atomic E-state index is 13.0. The van der Waals surface area contributed by atoms with Crippen LogP contribution in [0, 0.1) is 5.41 Å². The van der Waals surface area contributed by atoms with Crippen LogP contribution in [-0.4, -0.2) is 36.3 Å². The maximum Gasteiger partial charge on any atom is 0.223 e. The third kappa shape index (κ3) is 3.02. The lowest BCUT2D eigenvalue weighted by Crippen LogP contribution is -2.51. The van der Waals surface area contributed by atoms with Gasteiger partial charge < -0.3 is 0 Å². The van der Waals surface area contributed by atoms with E-state index in [9.17, 15) is 13.2 Å². The van der Waals surface area contributed by atoms with E-state index in [0.29, 0.717) is 32.4 Å². The van der Waals surface area contributed by atoms with Crippen molar-refractivity contribution in [1.29, 1.82) is 0 Å². The van der Waals surface area contributed by atoms with E-state index in [1.807, 2.05) is 6.08 Å². The van der Waals surface area contributed by atoms with E-state index in [1.54, 1.807) is 6.92 Å². The van der Waals surface area contributed by atoms with Gasteiger partial charge >= 0.3 is 0 Å². The summed E-state index contributed by atoms with van der Waals surface area (Å²) in [7, 11) is -3.44. The standard InChI is InChI=1S/C14H22BrNO3S/c1-13(2)8-11(15)9-14(3,10-13)20(18,19)16-6-4-12(17)5-7-16/h9H,4-8,10H2,1-3H3. The third-order valence-corrected chi connectivity index (χ3v) is 7.14. The smallest absolute Gasteiger partial charge is 0.223 e. The van der Waals surface area contributed by atoms with Gasteiger partial charge in [-0.05, 0) is 29.7 Å². The topological polar surface area (TPSA) is 54.5 Å². The van der Waals surface area contributed by atoms with E-state index in [1.165, 1.54) is 4.31 Å². The molecule has 0 bridgehead atoms. The number of hydrogen-bond acceptors (Lipinski definition) is 3. The summed E-state index contributed by atoms with van der Waals surface area (Å²) in [6.45, 7) is 6.62. The molecular formula is C14H22BrNO3S. The van der Waals surface area contributed by atoms with Gasteiger partial charge in [0.25, 0.3) is 0 Å². The number of rotatable bonds is 2. The van der Waals surface area contributed by atoms with Crippen molar-refractivity contribution in [2.75, 3.05) is 13.1 Å². The van der Waals surface area contributed by atoms with Crippen LogP contribution in [0.15, 0.2) is 10.6 Å². The van der Waals surface area contributed by atoms with Crippen molar-refractivity contribution in [2.45, 2.75) is 51.2 Å². The minimum Gasteiger partial charge on any atom is -0.300 e. The van der Waals surface area contributed by atoms with Gasteiger partial charge in [0.1, 0.15) is 10.5 Å². The molecule has 1 unspecified atom stereocenters. The highest BCUT2D eigenvalue weighted by molar-refractivity contribution is 9.11. The summed E-state index contributed by atoms with van der Waals surface area (Å²) in [5.41, 5.74) is -0.0546. The number of piperidine rings is 1. The molecule has 0 radical (unpaired) electrons. The van der Waals surface area contributed by atoms with Crippen LogP contribution in [0.2, 0.25) is 0 Å². The first-order valence-electron chi connectivity index (χ1n) is 6.94. The number of carbonyl (C=O) groups is 1. The average Bonchev–Trinajstić information content (AvgIpc) is 2.25. The summed E-state index contributed by atoms with van der Waals surface area (Å²) in [5, 5.41) is 0. The maximum absolute atomic E-state index is 13.0. The first-order chi connectivity index (χ1) is 9.06. The summed E-state index contributed by atoms with van der Waals surface area (Å²) < 4.78 is 27.5. The van der Waals surface area contributed by atoms with Crippen LogP contribution in [-0.2, 0) is 14.8 Å². The highest BCUT2D eigenvalue weighted by Crippen LogP contribution is 2.46. The highest BCUT2D eigenvalue weighted by atomic mass is 79.9. The van der Waals surface area contributed by atoms with E-state index in [2.05, 4.69) is 29.8 Å². The molecule has 2 aliphatic rings. The van der Waals surface area contributed by atoms with Crippen LogP contribution < -0.4 is 0 Å². The first-order valence-corrected chi connectivity index (χ1v) is 9.18. The Morgan fingerprint density at radius 3 is 2.25 bits per heavy atom. The Balaban J connectivity index is 2.33. The van der Waals surface area contributed by atoms with Gasteiger partial charge in [-0.15, -0.1) is 0 Å². The molecule has 0 amide bonds. The molecule has 0 N–H and O–H groups in total. The number of Topliss-reactive ketones (excluding diaryl/α,β-unsaturated/α-hetero) is 1. The Bertz CT molecular complexity index is 543. The van der Waals surface area contributed by atoms with Crippen molar-refractivity contribution in [3.63, 3.8) is 0 Å². The van der Waals surface area contributed by atoms with Crippen molar-refractivity contribution in [1.82, 2.24) is 4.31 Å². The molecule has 1 aliphatic heterocycles. The fourth-order valence-corrected chi connectivity index (χ4v) is 6.87. The summed E-state index contributed by atoms with van der Waals surface area (Å²) >= 11 is 3.49. The second-order valence-electron chi connectivity index (χ2n) is 6.86. The van der Waals surface area contributed by atoms with Gasteiger partial charge in [0.05, 0.1) is 0 Å². The molecule has 1 saturated heterocycles. The van der Waals surface area contributed by atoms with Crippen molar-refractivity contribution in [3.05, 3.63) is 10.6 Å². The largest absolute Gasteiger partial charge is 0.300 e. The number of sulfonamides is 1. The van der Waals surface area contributed by atoms with Crippen molar-refractivity contribution in [2.24, 2.45) is 5.41 Å². The lowest BCUT2D eigenvalue weighted by atomic mass is 9.76. The van der Waals surface area contributed by atoms with E-state index < -0.39 is 14.8 Å². The van der Waals surface area contributed by atoms with E-state index >= 15 is 0 Å². The number of hydrogen-bond donors (Lipinski definition) is 0. The normalized spacial score (nSPS) is 32.0. The molecule has 0 spiro atoms. The minimum absolute atomic E-state index is 0.0546. The Kier molecular flexibility index (Phi) is 4.22. The fourth-order valence-electron chi connectivity index (χ4n) is 3.34. The van der Waals surface area contributed by atoms with Crippen molar-refractivity contribution < 1.29 is 13.2 Å². The van der Waals surface area contributed by atoms with Crippen molar-refractivity contribution >= 4 is 31.7 Å². The monoisotopic (exact) mass is 363 g/mol. The van der Waals surface area contributed by atoms with Gasteiger partial charge in [0.2, 0.25) is 10.0 Å². The number of ketones is 1. The van der Waals surface area contributed by atoms with Crippen LogP contribution in [0.4, 0.5) is 0 Å². The zero-order valence-electron chi connectivity index (χ0n) is 12.3. The fraction of sp³-hybridized carbons (Fsp3) is 0.786. The molecule has 0 aromatic rings. The molecule has 1 aliphatic carbocycles. The number of nitrogens with zero attached hydrogens (tertiary/aromatic N) is 1. The summed E-state index contributed by atoms with van der Waals surface area (Å²) in [5.74, 6) is 0.155. The van der Waals surface area contributed by atoms with Crippen LogP contribution in [0.25, 0.3) is 0 Å². The van der Waals surface area contributed by atoms with Crippen molar-refractivity contribution in [3.8, 4) is 0 Å². The molecule has 20 heavy (non-hydrogen) atoms. The van der Waals surface area contributed by atoms with E-state index in [0.717, 1.165) is 10.9 Å². The molecular weight excluding hydrogens is 342 g/mol. The van der Waals surface area contributed by atoms with Gasteiger partial charge in [0, 0.05) is 25.9 Å². The van der Waals surface area contributed by atoms with Crippen LogP contribution >= 0.6 is 15.9 Å². The summed E-state index contributed by atoms with van der Waals surface area (Å²) in [6.07, 6.45) is 3.97. The molecule has 114 valence electrons. The predicted molar refractivity (Wildman–Crippen MR) is 83.2 cm³/mol. The summed E-state index contributed by atoms with van der Waals surface area (Å²) in [4.78, 5) is 11.3. The molecule has 0 saturated carbocycles. The van der Waals surface area contributed by atoms with Gasteiger partial charge in [0.15, 0.2) is 0 Å². The third-order valence-electron chi connectivity index (χ3n) is 4.15. The Morgan fingerprint density at radius 1 is 1.20 bits per heavy atom. The quantitative estimate of drug-likeness (QED) is 0.757. The van der Waals surface area contributed by atoms with Crippen LogP contribution in [0.3, 0.4) is 0 Å². The lowest BCUT2D eigenvalue weighted by molar-refractivity contribution is -0.120. The SMILES string of the molecule is CC1(C)CC(Br)=CC(C)(S(=O)(=O)N2CCC(=O)CC2)C1. The number of carbonyl (C=O) groups excluding carboxylic acids is 1. The molecule has 0 aromatic carbocycles. The molecule has 1 fully saturated rings. The molecule has 0 aromatic heterocycles. The second kappa shape index (κ2) is 5.21. The average molecular weight is 364 g/mol. The lowest BCUT2D eigenvalue weighted by Gasteiger charge is -2.42. The Morgan fingerprint density at radius 2 is 1.75 bits per heavy atom. The minimum atomic E-state index is -3.44. The molecule has 1 atom stereocenters. The van der Waals surface area contributed by atoms with Crippen LogP contribution in [0.1, 0.15) is 46.5 Å². The van der Waals surface area contributed by atoms with E-state index in [4.69, 9.17) is 0 Å². The van der Waals surface area contributed by atoms with E-state index in [-0.39, 0.29) is 11.2 Å². The number of allylic oxidation sites excluding steroid dienone is 1. The summed E-state index contributed by atoms with van der Waals surface area (Å²) in [6, 6.07) is 0. The second-order valence-corrected chi connectivity index (χ2v) is 10.3. The Labute approximate surface area is 129 Å². The van der Waals surface area contributed by atoms with Gasteiger partial charge in [-0.1, -0.05) is 35.9 Å². The molecule has 6 heteroatoms. The molecule has 4 nitrogen and oxygen atoms in total. The Hall–Kier alpha value is -0.200. The van der Waals surface area contributed by atoms with Crippen LogP contribution in [0.5, 0.6) is 0 Å². The highest BCUT2D eigenvalue weighted by Gasteiger charge is 2.48. The predicted octanol–water partition coefficient (Wildman–Crippen LogP) is 2.84. The van der Waals surface area contributed by atoms with Gasteiger partial charge in [-0.2, -0.15) is 0 Å². The number of halogens is 1. The van der Waals surface area contributed by atoms with Gasteiger partial charge in [-0.3, -0.25) is 4.79 Å². The molecule has 2 rings (SSSR count). The first kappa shape index (κ1) is 16.2. The molecule has 1 heterocycles.